The Morgan fingerprint density at radius 2 is 1.43 bits per heavy atom. The van der Waals surface area contributed by atoms with E-state index >= 15 is 0 Å². The molecule has 0 aliphatic heterocycles. The standard InChI is InChI=1S/C22H25FN2O3/c1-4-15(2)14-28-22(27)18-7-11-20(12-8-18)25-24-19-9-5-17(6-10-19)21(26)16(3)13-23/h5-12,15-16H,4,13-14H2,1-3H3. The summed E-state index contributed by atoms with van der Waals surface area (Å²) in [6, 6.07) is 13.2. The molecule has 0 saturated heterocycles. The van der Waals surface area contributed by atoms with E-state index < -0.39 is 12.6 Å². The molecule has 0 aromatic heterocycles. The van der Waals surface area contributed by atoms with Gasteiger partial charge in [-0.3, -0.25) is 9.18 Å². The number of halogens is 1. The van der Waals surface area contributed by atoms with E-state index in [9.17, 15) is 14.0 Å². The molecular weight excluding hydrogens is 359 g/mol. The van der Waals surface area contributed by atoms with Gasteiger partial charge in [-0.05, 0) is 54.4 Å². The Morgan fingerprint density at radius 1 is 0.929 bits per heavy atom. The number of carbonyl (C=O) groups is 2. The van der Waals surface area contributed by atoms with Crippen molar-refractivity contribution in [1.29, 1.82) is 0 Å². The maximum absolute atomic E-state index is 12.6. The van der Waals surface area contributed by atoms with Crippen LogP contribution >= 0.6 is 0 Å². The van der Waals surface area contributed by atoms with Crippen molar-refractivity contribution in [3.05, 3.63) is 59.7 Å². The summed E-state index contributed by atoms with van der Waals surface area (Å²) in [6.07, 6.45) is 0.955. The average molecular weight is 384 g/mol. The molecule has 6 heteroatoms. The fourth-order valence-electron chi connectivity index (χ4n) is 2.25. The van der Waals surface area contributed by atoms with Gasteiger partial charge in [-0.25, -0.2) is 4.79 Å². The average Bonchev–Trinajstić information content (AvgIpc) is 2.75. The van der Waals surface area contributed by atoms with Crippen molar-refractivity contribution in [1.82, 2.24) is 0 Å². The van der Waals surface area contributed by atoms with Crippen molar-refractivity contribution in [3.63, 3.8) is 0 Å². The van der Waals surface area contributed by atoms with E-state index in [1.54, 1.807) is 55.5 Å². The molecule has 2 rings (SSSR count). The Balaban J connectivity index is 1.97. The highest BCUT2D eigenvalue weighted by atomic mass is 19.1. The zero-order chi connectivity index (χ0) is 20.5. The number of ether oxygens (including phenoxy) is 1. The molecule has 0 amide bonds. The number of carbonyl (C=O) groups excluding carboxylic acids is 2. The lowest BCUT2D eigenvalue weighted by Crippen LogP contribution is -2.12. The van der Waals surface area contributed by atoms with Crippen molar-refractivity contribution >= 4 is 23.1 Å². The van der Waals surface area contributed by atoms with Crippen molar-refractivity contribution in [2.45, 2.75) is 27.2 Å². The van der Waals surface area contributed by atoms with Gasteiger partial charge in [0.2, 0.25) is 0 Å². The van der Waals surface area contributed by atoms with Gasteiger partial charge in [-0.2, -0.15) is 10.2 Å². The number of hydrogen-bond acceptors (Lipinski definition) is 5. The summed E-state index contributed by atoms with van der Waals surface area (Å²) in [7, 11) is 0. The number of hydrogen-bond donors (Lipinski definition) is 0. The molecule has 0 spiro atoms. The van der Waals surface area contributed by atoms with Crippen molar-refractivity contribution in [2.75, 3.05) is 13.3 Å². The monoisotopic (exact) mass is 384 g/mol. The molecule has 0 saturated carbocycles. The van der Waals surface area contributed by atoms with Crippen LogP contribution in [0.1, 0.15) is 47.9 Å². The molecule has 2 aromatic carbocycles. The van der Waals surface area contributed by atoms with Gasteiger partial charge in [0, 0.05) is 11.5 Å². The van der Waals surface area contributed by atoms with E-state index in [0.29, 0.717) is 35.0 Å². The molecule has 0 aliphatic carbocycles. The van der Waals surface area contributed by atoms with E-state index in [-0.39, 0.29) is 11.8 Å². The van der Waals surface area contributed by atoms with Gasteiger partial charge in [-0.15, -0.1) is 0 Å². The van der Waals surface area contributed by atoms with Gasteiger partial charge in [-0.1, -0.05) is 27.2 Å². The SMILES string of the molecule is CCC(C)COC(=O)c1ccc(N=Nc2ccc(C(=O)C(C)CF)cc2)cc1. The minimum absolute atomic E-state index is 0.234. The summed E-state index contributed by atoms with van der Waals surface area (Å²) in [4.78, 5) is 23.9. The van der Waals surface area contributed by atoms with Crippen LogP contribution in [-0.4, -0.2) is 25.0 Å². The first-order valence-corrected chi connectivity index (χ1v) is 9.33. The van der Waals surface area contributed by atoms with Crippen LogP contribution in [0.25, 0.3) is 0 Å². The van der Waals surface area contributed by atoms with E-state index in [2.05, 4.69) is 10.2 Å². The lowest BCUT2D eigenvalue weighted by molar-refractivity contribution is 0.0447. The number of esters is 1. The number of ketones is 1. The maximum Gasteiger partial charge on any atom is 0.338 e. The Bertz CT molecular complexity index is 817. The second-order valence-electron chi connectivity index (χ2n) is 6.83. The Labute approximate surface area is 164 Å². The highest BCUT2D eigenvalue weighted by molar-refractivity contribution is 5.97. The Hall–Kier alpha value is -2.89. The van der Waals surface area contributed by atoms with Crippen molar-refractivity contribution in [2.24, 2.45) is 22.1 Å². The van der Waals surface area contributed by atoms with Crippen LogP contribution in [0.4, 0.5) is 15.8 Å². The smallest absolute Gasteiger partial charge is 0.338 e. The first-order valence-electron chi connectivity index (χ1n) is 9.33. The highest BCUT2D eigenvalue weighted by Crippen LogP contribution is 2.20. The minimum atomic E-state index is -0.679. The molecule has 0 bridgehead atoms. The molecule has 0 heterocycles. The van der Waals surface area contributed by atoms with E-state index in [0.717, 1.165) is 6.42 Å². The van der Waals surface area contributed by atoms with Gasteiger partial charge >= 0.3 is 5.97 Å². The van der Waals surface area contributed by atoms with Gasteiger partial charge in [0.15, 0.2) is 5.78 Å². The molecular formula is C22H25FN2O3. The van der Waals surface area contributed by atoms with Gasteiger partial charge in [0.05, 0.1) is 30.2 Å². The molecule has 28 heavy (non-hydrogen) atoms. The predicted molar refractivity (Wildman–Crippen MR) is 106 cm³/mol. The van der Waals surface area contributed by atoms with Crippen LogP contribution in [0.2, 0.25) is 0 Å². The van der Waals surface area contributed by atoms with Crippen LogP contribution in [0, 0.1) is 11.8 Å². The van der Waals surface area contributed by atoms with E-state index in [1.165, 1.54) is 0 Å². The zero-order valence-electron chi connectivity index (χ0n) is 16.4. The second kappa shape index (κ2) is 10.4. The number of nitrogens with zero attached hydrogens (tertiary/aromatic N) is 2. The zero-order valence-corrected chi connectivity index (χ0v) is 16.4. The van der Waals surface area contributed by atoms with E-state index in [1.807, 2.05) is 13.8 Å². The first-order chi connectivity index (χ1) is 13.4. The predicted octanol–water partition coefficient (Wildman–Crippen LogP) is 6.09. The molecule has 2 aromatic rings. The molecule has 0 N–H and O–H groups in total. The summed E-state index contributed by atoms with van der Waals surface area (Å²) in [6.45, 7) is 5.36. The van der Waals surface area contributed by atoms with Crippen LogP contribution in [-0.2, 0) is 4.74 Å². The Morgan fingerprint density at radius 3 is 1.89 bits per heavy atom. The minimum Gasteiger partial charge on any atom is -0.462 e. The third-order valence-corrected chi connectivity index (χ3v) is 4.41. The third kappa shape index (κ3) is 6.08. The lowest BCUT2D eigenvalue weighted by atomic mass is 10.0. The summed E-state index contributed by atoms with van der Waals surface area (Å²) in [5.41, 5.74) is 2.07. The molecule has 0 radical (unpaired) electrons. The van der Waals surface area contributed by atoms with Gasteiger partial charge < -0.3 is 4.74 Å². The number of alkyl halides is 1. The second-order valence-corrected chi connectivity index (χ2v) is 6.83. The fraction of sp³-hybridized carbons (Fsp3) is 0.364. The van der Waals surface area contributed by atoms with E-state index in [4.69, 9.17) is 4.74 Å². The van der Waals surface area contributed by atoms with Crippen LogP contribution in [0.15, 0.2) is 58.8 Å². The van der Waals surface area contributed by atoms with Gasteiger partial charge in [0.25, 0.3) is 0 Å². The highest BCUT2D eigenvalue weighted by Gasteiger charge is 2.14. The number of azo groups is 1. The normalized spacial score (nSPS) is 13.3. The summed E-state index contributed by atoms with van der Waals surface area (Å²) in [5.74, 6) is -0.907. The van der Waals surface area contributed by atoms with Gasteiger partial charge in [0.1, 0.15) is 0 Å². The summed E-state index contributed by atoms with van der Waals surface area (Å²) in [5, 5.41) is 8.23. The fourth-order valence-corrected chi connectivity index (χ4v) is 2.25. The molecule has 0 aliphatic rings. The molecule has 5 nitrogen and oxygen atoms in total. The molecule has 148 valence electrons. The van der Waals surface area contributed by atoms with Crippen LogP contribution in [0.3, 0.4) is 0 Å². The maximum atomic E-state index is 12.6. The van der Waals surface area contributed by atoms with Crippen LogP contribution in [0.5, 0.6) is 0 Å². The first kappa shape index (κ1) is 21.4. The largest absolute Gasteiger partial charge is 0.462 e. The summed E-state index contributed by atoms with van der Waals surface area (Å²) >= 11 is 0. The quantitative estimate of drug-likeness (QED) is 0.298. The number of benzene rings is 2. The molecule has 2 atom stereocenters. The van der Waals surface area contributed by atoms with Crippen LogP contribution < -0.4 is 0 Å². The lowest BCUT2D eigenvalue weighted by Gasteiger charge is -2.09. The van der Waals surface area contributed by atoms with Crippen molar-refractivity contribution < 1.29 is 18.7 Å². The molecule has 0 fully saturated rings. The molecule has 2 unspecified atom stereocenters. The topological polar surface area (TPSA) is 68.1 Å². The number of Topliss-reactive ketones (excluding diaryl/α,β-unsaturated/α-hetero) is 1. The Kier molecular flexibility index (Phi) is 7.99. The summed E-state index contributed by atoms with van der Waals surface area (Å²) < 4.78 is 17.9. The third-order valence-electron chi connectivity index (χ3n) is 4.41. The number of rotatable bonds is 9. The van der Waals surface area contributed by atoms with Crippen molar-refractivity contribution in [3.8, 4) is 0 Å².